The van der Waals surface area contributed by atoms with Gasteiger partial charge in [0.1, 0.15) is 21.2 Å². The van der Waals surface area contributed by atoms with E-state index in [9.17, 15) is 63.1 Å². The fraction of sp³-hybridized carbons (Fsp3) is 0.111. The Bertz CT molecular complexity index is 2060. The number of phenolic OH excluding ortho intramolecular Hbond substituents is 2. The zero-order valence-corrected chi connectivity index (χ0v) is 22.8. The summed E-state index contributed by atoms with van der Waals surface area (Å²) in [6, 6.07) is 4.43. The number of benzene rings is 3. The van der Waals surface area contributed by atoms with Crippen LogP contribution in [0.3, 0.4) is 0 Å². The van der Waals surface area contributed by atoms with E-state index in [-0.39, 0.29) is 5.39 Å². The minimum atomic E-state index is -5.26. The monoisotopic (exact) mass is 657 g/mol. The van der Waals surface area contributed by atoms with Gasteiger partial charge in [-0.15, -0.1) is 10.2 Å². The molecule has 0 radical (unpaired) electrons. The van der Waals surface area contributed by atoms with Crippen molar-refractivity contribution in [3.63, 3.8) is 0 Å². The smallest absolute Gasteiger partial charge is 0.397 e. The summed E-state index contributed by atoms with van der Waals surface area (Å²) in [4.78, 5) is 7.08. The molecular formula is C18H15N3O16S4. The van der Waals surface area contributed by atoms with Crippen molar-refractivity contribution in [3.05, 3.63) is 46.5 Å². The lowest BCUT2D eigenvalue weighted by atomic mass is 10.1. The molecule has 3 rings (SSSR count). The van der Waals surface area contributed by atoms with Crippen LogP contribution in [-0.4, -0.2) is 74.8 Å². The first-order valence-corrected chi connectivity index (χ1v) is 16.0. The predicted octanol–water partition coefficient (Wildman–Crippen LogP) is 1.66. The Hall–Kier alpha value is -3.84. The lowest BCUT2D eigenvalue weighted by Gasteiger charge is -2.11. The number of phenols is 2. The molecule has 0 aliphatic rings. The Labute approximate surface area is 229 Å². The van der Waals surface area contributed by atoms with Gasteiger partial charge in [0.25, 0.3) is 20.2 Å². The number of aromatic hydroxyl groups is 2. The molecule has 5 N–H and O–H groups in total. The molecule has 0 aliphatic carbocycles. The van der Waals surface area contributed by atoms with E-state index < -0.39 is 106 Å². The third-order valence-corrected chi connectivity index (χ3v) is 8.92. The zero-order valence-electron chi connectivity index (χ0n) is 19.6. The molecule has 0 saturated carbocycles. The predicted molar refractivity (Wildman–Crippen MR) is 134 cm³/mol. The van der Waals surface area contributed by atoms with Crippen LogP contribution in [0.4, 0.5) is 17.1 Å². The standard InChI is InChI=1S/C18H15N3O16S4/c22-17-11(7-10(8-12(17)21(24)25)38(26,27)5-4-37-41(34,35)36)19-20-16-14(40(31,32)33)6-9-2-1-3-13(39(28,29)30)15(9)18(16)23/h1-3,6-8,22-23H,4-5H2,(H,28,29,30)(H,31,32,33)(H,34,35,36). The average Bonchev–Trinajstić information content (AvgIpc) is 2.81. The molecule has 19 nitrogen and oxygen atoms in total. The van der Waals surface area contributed by atoms with E-state index in [0.29, 0.717) is 18.2 Å². The van der Waals surface area contributed by atoms with Crippen LogP contribution in [-0.2, 0) is 44.7 Å². The number of rotatable bonds is 10. The van der Waals surface area contributed by atoms with Crippen LogP contribution in [0.1, 0.15) is 0 Å². The first-order valence-electron chi connectivity index (χ1n) is 10.1. The Morgan fingerprint density at radius 1 is 0.829 bits per heavy atom. The second-order valence-corrected chi connectivity index (χ2v) is 13.7. The van der Waals surface area contributed by atoms with Gasteiger partial charge in [0.15, 0.2) is 15.6 Å². The Morgan fingerprint density at radius 2 is 1.44 bits per heavy atom. The largest absolute Gasteiger partial charge is 0.505 e. The van der Waals surface area contributed by atoms with Crippen LogP contribution in [0.2, 0.25) is 0 Å². The number of hydrogen-bond acceptors (Lipinski definition) is 15. The normalized spacial score (nSPS) is 13.1. The fourth-order valence-electron chi connectivity index (χ4n) is 3.32. The van der Waals surface area contributed by atoms with Gasteiger partial charge in [0.2, 0.25) is 5.75 Å². The lowest BCUT2D eigenvalue weighted by Crippen LogP contribution is -2.15. The molecular weight excluding hydrogens is 642 g/mol. The average molecular weight is 658 g/mol. The number of sulfone groups is 1. The van der Waals surface area contributed by atoms with E-state index >= 15 is 0 Å². The minimum absolute atomic E-state index is 0.331. The highest BCUT2D eigenvalue weighted by Crippen LogP contribution is 2.45. The maximum Gasteiger partial charge on any atom is 0.397 e. The van der Waals surface area contributed by atoms with Crippen molar-refractivity contribution < 1.29 is 66.6 Å². The number of azo groups is 1. The first kappa shape index (κ1) is 31.7. The van der Waals surface area contributed by atoms with Crippen molar-refractivity contribution in [2.75, 3.05) is 12.4 Å². The summed E-state index contributed by atoms with van der Waals surface area (Å²) in [6.07, 6.45) is 0. The van der Waals surface area contributed by atoms with Gasteiger partial charge >= 0.3 is 16.1 Å². The minimum Gasteiger partial charge on any atom is -0.505 e. The molecule has 0 amide bonds. The molecule has 0 spiro atoms. The Kier molecular flexibility index (Phi) is 8.39. The SMILES string of the molecule is O=[N+]([O-])c1cc(S(=O)(=O)CCOS(=O)(=O)O)cc(N=Nc2c(S(=O)(=O)O)cc3cccc(S(=O)(=O)O)c3c2O)c1O. The van der Waals surface area contributed by atoms with Crippen molar-refractivity contribution in [1.29, 1.82) is 0 Å². The highest BCUT2D eigenvalue weighted by Gasteiger charge is 2.28. The summed E-state index contributed by atoms with van der Waals surface area (Å²) in [6.45, 7) is -1.13. The van der Waals surface area contributed by atoms with Gasteiger partial charge < -0.3 is 10.2 Å². The molecule has 0 heterocycles. The van der Waals surface area contributed by atoms with Crippen LogP contribution in [0, 0.1) is 10.1 Å². The quantitative estimate of drug-likeness (QED) is 0.0895. The zero-order chi connectivity index (χ0) is 31.1. The van der Waals surface area contributed by atoms with Crippen molar-refractivity contribution in [2.45, 2.75) is 14.7 Å². The number of hydrogen-bond donors (Lipinski definition) is 5. The molecule has 0 aromatic heterocycles. The molecule has 0 fully saturated rings. The van der Waals surface area contributed by atoms with Gasteiger partial charge in [-0.2, -0.15) is 25.3 Å². The molecule has 3 aromatic rings. The summed E-state index contributed by atoms with van der Waals surface area (Å²) in [5.74, 6) is -3.77. The van der Waals surface area contributed by atoms with E-state index in [1.54, 1.807) is 0 Å². The molecule has 0 bridgehead atoms. The summed E-state index contributed by atoms with van der Waals surface area (Å²) < 4.78 is 126. The summed E-state index contributed by atoms with van der Waals surface area (Å²) in [7, 11) is -20.0. The van der Waals surface area contributed by atoms with Crippen molar-refractivity contribution >= 4 is 68.3 Å². The van der Waals surface area contributed by atoms with E-state index in [2.05, 4.69) is 14.4 Å². The van der Waals surface area contributed by atoms with Crippen LogP contribution >= 0.6 is 0 Å². The first-order chi connectivity index (χ1) is 18.6. The topological polar surface area (TPSA) is 315 Å². The molecule has 0 atom stereocenters. The van der Waals surface area contributed by atoms with Crippen LogP contribution in [0.25, 0.3) is 10.8 Å². The lowest BCUT2D eigenvalue weighted by molar-refractivity contribution is -0.386. The second-order valence-electron chi connectivity index (χ2n) is 7.71. The highest BCUT2D eigenvalue weighted by molar-refractivity contribution is 7.91. The Morgan fingerprint density at radius 3 is 1.98 bits per heavy atom. The fourth-order valence-corrected chi connectivity index (χ4v) is 6.22. The van der Waals surface area contributed by atoms with Crippen molar-refractivity contribution in [2.24, 2.45) is 10.2 Å². The van der Waals surface area contributed by atoms with E-state index in [4.69, 9.17) is 4.55 Å². The maximum absolute atomic E-state index is 12.6. The maximum atomic E-state index is 12.6. The van der Waals surface area contributed by atoms with Gasteiger partial charge in [-0.1, -0.05) is 12.1 Å². The molecule has 3 aromatic carbocycles. The van der Waals surface area contributed by atoms with Crippen molar-refractivity contribution in [3.8, 4) is 11.5 Å². The van der Waals surface area contributed by atoms with Gasteiger partial charge in [-0.3, -0.25) is 23.8 Å². The van der Waals surface area contributed by atoms with E-state index in [0.717, 1.165) is 18.2 Å². The summed E-state index contributed by atoms with van der Waals surface area (Å²) in [5, 5.41) is 38.0. The molecule has 23 heteroatoms. The Balaban J connectivity index is 2.29. The highest BCUT2D eigenvalue weighted by atomic mass is 32.3. The van der Waals surface area contributed by atoms with Crippen molar-refractivity contribution in [1.82, 2.24) is 0 Å². The number of fused-ring (bicyclic) bond motifs is 1. The van der Waals surface area contributed by atoms with Gasteiger partial charge in [0.05, 0.1) is 22.2 Å². The molecule has 222 valence electrons. The number of nitro groups is 1. The molecule has 0 aliphatic heterocycles. The summed E-state index contributed by atoms with van der Waals surface area (Å²) >= 11 is 0. The molecule has 41 heavy (non-hydrogen) atoms. The van der Waals surface area contributed by atoms with Gasteiger partial charge in [-0.25, -0.2) is 12.6 Å². The van der Waals surface area contributed by atoms with E-state index in [1.807, 2.05) is 0 Å². The van der Waals surface area contributed by atoms with Crippen LogP contribution in [0.5, 0.6) is 11.5 Å². The number of nitrogens with zero attached hydrogens (tertiary/aromatic N) is 3. The van der Waals surface area contributed by atoms with Gasteiger partial charge in [0, 0.05) is 11.5 Å². The van der Waals surface area contributed by atoms with Gasteiger partial charge in [-0.05, 0) is 23.6 Å². The third kappa shape index (κ3) is 7.09. The molecule has 0 saturated heterocycles. The molecule has 0 unspecified atom stereocenters. The second kappa shape index (κ2) is 10.9. The third-order valence-electron chi connectivity index (χ3n) is 5.04. The van der Waals surface area contributed by atoms with E-state index in [1.165, 1.54) is 0 Å². The van der Waals surface area contributed by atoms with Crippen LogP contribution in [0.15, 0.2) is 61.3 Å². The van der Waals surface area contributed by atoms with Crippen LogP contribution < -0.4 is 0 Å². The summed E-state index contributed by atoms with van der Waals surface area (Å²) in [5.41, 5.74) is -3.49. The number of nitro benzene ring substituents is 1.